The molecule has 2 aromatic carbocycles. The quantitative estimate of drug-likeness (QED) is 0.387. The fourth-order valence-electron chi connectivity index (χ4n) is 2.67. The van der Waals surface area contributed by atoms with Gasteiger partial charge >= 0.3 is 6.61 Å². The van der Waals surface area contributed by atoms with Gasteiger partial charge < -0.3 is 10.1 Å². The third-order valence-corrected chi connectivity index (χ3v) is 5.00. The smallest absolute Gasteiger partial charge is 0.387 e. The van der Waals surface area contributed by atoms with E-state index in [4.69, 9.17) is 0 Å². The molecule has 1 amide bonds. The maximum Gasteiger partial charge on any atom is 0.387 e. The van der Waals surface area contributed by atoms with Gasteiger partial charge in [-0.15, -0.1) is 16.8 Å². The summed E-state index contributed by atoms with van der Waals surface area (Å²) in [5.74, 6) is 0.675. The number of thioether (sulfide) groups is 1. The second-order valence-corrected chi connectivity index (χ2v) is 7.10. The summed E-state index contributed by atoms with van der Waals surface area (Å²) in [6.07, 6.45) is 1.70. The van der Waals surface area contributed by atoms with Crippen LogP contribution in [0.25, 0.3) is 11.4 Å². The van der Waals surface area contributed by atoms with Gasteiger partial charge in [0.1, 0.15) is 5.75 Å². The van der Waals surface area contributed by atoms with Crippen LogP contribution in [-0.4, -0.2) is 33.0 Å². The lowest BCUT2D eigenvalue weighted by Crippen LogP contribution is -2.24. The van der Waals surface area contributed by atoms with Crippen molar-refractivity contribution >= 4 is 17.7 Å². The molecule has 156 valence electrons. The Balaban J connectivity index is 1.65. The number of amides is 1. The molecule has 0 aliphatic carbocycles. The van der Waals surface area contributed by atoms with Crippen molar-refractivity contribution in [2.75, 3.05) is 5.75 Å². The van der Waals surface area contributed by atoms with Crippen molar-refractivity contribution in [1.29, 1.82) is 0 Å². The number of hydrogen-bond donors (Lipinski definition) is 1. The van der Waals surface area contributed by atoms with E-state index in [0.29, 0.717) is 29.6 Å². The van der Waals surface area contributed by atoms with E-state index in [-0.39, 0.29) is 17.4 Å². The van der Waals surface area contributed by atoms with Gasteiger partial charge in [-0.05, 0) is 29.8 Å². The van der Waals surface area contributed by atoms with Gasteiger partial charge in [-0.1, -0.05) is 48.2 Å². The van der Waals surface area contributed by atoms with Crippen LogP contribution in [0.5, 0.6) is 5.75 Å². The Morgan fingerprint density at radius 2 is 1.90 bits per heavy atom. The van der Waals surface area contributed by atoms with Gasteiger partial charge in [-0.3, -0.25) is 9.36 Å². The summed E-state index contributed by atoms with van der Waals surface area (Å²) in [6, 6.07) is 15.8. The molecule has 0 atom stereocenters. The predicted octanol–water partition coefficient (Wildman–Crippen LogP) is 4.14. The van der Waals surface area contributed by atoms with Gasteiger partial charge in [0.2, 0.25) is 5.91 Å². The lowest BCUT2D eigenvalue weighted by atomic mass is 10.2. The van der Waals surface area contributed by atoms with Gasteiger partial charge in [-0.25, -0.2) is 0 Å². The van der Waals surface area contributed by atoms with Gasteiger partial charge in [0.05, 0.1) is 5.75 Å². The zero-order chi connectivity index (χ0) is 21.3. The lowest BCUT2D eigenvalue weighted by molar-refractivity contribution is -0.118. The molecule has 0 saturated heterocycles. The number of hydrogen-bond acceptors (Lipinski definition) is 5. The molecule has 0 radical (unpaired) electrons. The summed E-state index contributed by atoms with van der Waals surface area (Å²) in [5.41, 5.74) is 1.71. The lowest BCUT2D eigenvalue weighted by Gasteiger charge is -2.09. The first-order chi connectivity index (χ1) is 14.6. The molecule has 0 spiro atoms. The second kappa shape index (κ2) is 10.5. The summed E-state index contributed by atoms with van der Waals surface area (Å²) >= 11 is 1.26. The molecule has 0 bridgehead atoms. The Kier molecular flexibility index (Phi) is 7.56. The number of allylic oxidation sites excluding steroid dienone is 1. The highest BCUT2D eigenvalue weighted by Crippen LogP contribution is 2.26. The van der Waals surface area contributed by atoms with E-state index < -0.39 is 6.61 Å². The predicted molar refractivity (Wildman–Crippen MR) is 111 cm³/mol. The molecule has 3 aromatic rings. The molecule has 6 nitrogen and oxygen atoms in total. The van der Waals surface area contributed by atoms with Crippen LogP contribution >= 0.6 is 11.8 Å². The van der Waals surface area contributed by atoms with Crippen molar-refractivity contribution in [3.8, 4) is 17.1 Å². The molecular weight excluding hydrogens is 410 g/mol. The summed E-state index contributed by atoms with van der Waals surface area (Å²) in [7, 11) is 0. The fourth-order valence-corrected chi connectivity index (χ4v) is 3.44. The van der Waals surface area contributed by atoms with Crippen LogP contribution in [0.15, 0.2) is 72.4 Å². The first-order valence-electron chi connectivity index (χ1n) is 9.09. The van der Waals surface area contributed by atoms with Crippen LogP contribution in [0, 0.1) is 0 Å². The number of halogens is 2. The summed E-state index contributed by atoms with van der Waals surface area (Å²) in [5, 5.41) is 11.8. The van der Waals surface area contributed by atoms with E-state index in [9.17, 15) is 13.6 Å². The highest BCUT2D eigenvalue weighted by molar-refractivity contribution is 7.99. The van der Waals surface area contributed by atoms with Crippen molar-refractivity contribution in [3.63, 3.8) is 0 Å². The van der Waals surface area contributed by atoms with Gasteiger partial charge in [0.15, 0.2) is 11.0 Å². The van der Waals surface area contributed by atoms with E-state index in [0.717, 1.165) is 5.56 Å². The molecule has 0 fully saturated rings. The van der Waals surface area contributed by atoms with Crippen molar-refractivity contribution in [1.82, 2.24) is 20.1 Å². The first kappa shape index (κ1) is 21.5. The van der Waals surface area contributed by atoms with Gasteiger partial charge in [0.25, 0.3) is 0 Å². The van der Waals surface area contributed by atoms with Crippen LogP contribution in [0.2, 0.25) is 0 Å². The minimum Gasteiger partial charge on any atom is -0.435 e. The molecule has 0 saturated carbocycles. The van der Waals surface area contributed by atoms with Crippen molar-refractivity contribution in [2.45, 2.75) is 24.9 Å². The third kappa shape index (κ3) is 5.90. The molecule has 0 aliphatic rings. The van der Waals surface area contributed by atoms with Gasteiger partial charge in [0, 0.05) is 18.7 Å². The molecule has 3 rings (SSSR count). The van der Waals surface area contributed by atoms with Gasteiger partial charge in [-0.2, -0.15) is 8.78 Å². The number of alkyl halides is 2. The number of carbonyl (C=O) groups excluding carboxylic acids is 1. The minimum absolute atomic E-state index is 0.0632. The Hall–Kier alpha value is -3.20. The molecule has 1 N–H and O–H groups in total. The van der Waals surface area contributed by atoms with E-state index in [1.807, 2.05) is 34.9 Å². The number of aromatic nitrogens is 3. The van der Waals surface area contributed by atoms with Crippen LogP contribution in [0.1, 0.15) is 5.56 Å². The second-order valence-electron chi connectivity index (χ2n) is 6.16. The maximum absolute atomic E-state index is 12.3. The van der Waals surface area contributed by atoms with E-state index in [1.165, 1.54) is 23.9 Å². The molecule has 0 unspecified atom stereocenters. The zero-order valence-corrected chi connectivity index (χ0v) is 16.8. The Morgan fingerprint density at radius 1 is 1.17 bits per heavy atom. The normalized spacial score (nSPS) is 10.8. The zero-order valence-electron chi connectivity index (χ0n) is 16.0. The fraction of sp³-hybridized carbons (Fsp3) is 0.190. The van der Waals surface area contributed by atoms with Crippen LogP contribution in [0.3, 0.4) is 0 Å². The molecule has 30 heavy (non-hydrogen) atoms. The molecule has 9 heteroatoms. The van der Waals surface area contributed by atoms with Crippen LogP contribution < -0.4 is 10.1 Å². The molecule has 1 heterocycles. The number of nitrogens with one attached hydrogen (secondary N) is 1. The number of rotatable bonds is 10. The van der Waals surface area contributed by atoms with Crippen LogP contribution in [-0.2, 0) is 17.9 Å². The average molecular weight is 430 g/mol. The van der Waals surface area contributed by atoms with E-state index in [1.54, 1.807) is 18.2 Å². The third-order valence-electron chi connectivity index (χ3n) is 4.03. The molecular formula is C21H20F2N4O2S. The van der Waals surface area contributed by atoms with Crippen molar-refractivity contribution < 1.29 is 18.3 Å². The maximum atomic E-state index is 12.3. The minimum atomic E-state index is -2.88. The first-order valence-corrected chi connectivity index (χ1v) is 10.1. The van der Waals surface area contributed by atoms with Crippen LogP contribution in [0.4, 0.5) is 8.78 Å². The van der Waals surface area contributed by atoms with E-state index in [2.05, 4.69) is 26.8 Å². The Bertz CT molecular complexity index is 978. The number of benzene rings is 2. The van der Waals surface area contributed by atoms with Crippen molar-refractivity contribution in [2.24, 2.45) is 0 Å². The number of carbonyl (C=O) groups is 1. The monoisotopic (exact) mass is 430 g/mol. The summed E-state index contributed by atoms with van der Waals surface area (Å²) in [6.45, 7) is 1.76. The Labute approximate surface area is 177 Å². The SMILES string of the molecule is C=CCn1c(SCC(=O)NCc2ccccc2)nnc1-c1ccc(OC(F)F)cc1. The van der Waals surface area contributed by atoms with Crippen molar-refractivity contribution in [3.05, 3.63) is 72.8 Å². The highest BCUT2D eigenvalue weighted by Gasteiger charge is 2.15. The Morgan fingerprint density at radius 3 is 2.57 bits per heavy atom. The number of ether oxygens (including phenoxy) is 1. The number of nitrogens with zero attached hydrogens (tertiary/aromatic N) is 3. The largest absolute Gasteiger partial charge is 0.435 e. The highest BCUT2D eigenvalue weighted by atomic mass is 32.2. The van der Waals surface area contributed by atoms with E-state index >= 15 is 0 Å². The molecule has 1 aromatic heterocycles. The average Bonchev–Trinajstić information content (AvgIpc) is 3.14. The molecule has 0 aliphatic heterocycles. The summed E-state index contributed by atoms with van der Waals surface area (Å²) in [4.78, 5) is 12.2. The standard InChI is InChI=1S/C21H20F2N4O2S/c1-2-12-27-19(16-8-10-17(11-9-16)29-20(22)23)25-26-21(27)30-14-18(28)24-13-15-6-4-3-5-7-15/h2-11,20H,1,12-14H2,(H,24,28). The summed E-state index contributed by atoms with van der Waals surface area (Å²) < 4.78 is 30.8. The topological polar surface area (TPSA) is 69.0 Å².